The van der Waals surface area contributed by atoms with Gasteiger partial charge in [0.1, 0.15) is 5.52 Å². The highest BCUT2D eigenvalue weighted by molar-refractivity contribution is 7.15. The molecule has 3 aromatic rings. The average Bonchev–Trinajstić information content (AvgIpc) is 3.14. The van der Waals surface area contributed by atoms with Crippen molar-refractivity contribution < 1.29 is 4.42 Å². The number of benzene rings is 1. The van der Waals surface area contributed by atoms with Crippen LogP contribution in [0.3, 0.4) is 0 Å². The van der Waals surface area contributed by atoms with Crippen LogP contribution in [0.1, 0.15) is 10.4 Å². The van der Waals surface area contributed by atoms with Crippen LogP contribution in [0.2, 0.25) is 0 Å². The van der Waals surface area contributed by atoms with E-state index >= 15 is 0 Å². The molecule has 4 nitrogen and oxygen atoms in total. The summed E-state index contributed by atoms with van der Waals surface area (Å²) in [5.74, 6) is 0.729. The van der Waals surface area contributed by atoms with Crippen molar-refractivity contribution in [2.24, 2.45) is 0 Å². The fourth-order valence-corrected chi connectivity index (χ4v) is 3.65. The van der Waals surface area contributed by atoms with Gasteiger partial charge in [0.15, 0.2) is 5.58 Å². The summed E-state index contributed by atoms with van der Waals surface area (Å²) in [6, 6.07) is 10.5. The molecule has 1 aromatic carbocycles. The Labute approximate surface area is 133 Å². The van der Waals surface area contributed by atoms with Crippen LogP contribution in [0.25, 0.3) is 21.9 Å². The number of aromatic nitrogens is 1. The number of aryl methyl sites for hydroxylation is 1. The molecule has 0 atom stereocenters. The molecule has 0 bridgehead atoms. The predicted molar refractivity (Wildman–Crippen MR) is 90.2 cm³/mol. The third-order valence-electron chi connectivity index (χ3n) is 4.02. The van der Waals surface area contributed by atoms with Gasteiger partial charge in [-0.05, 0) is 36.8 Å². The van der Waals surface area contributed by atoms with Crippen LogP contribution in [-0.4, -0.2) is 36.1 Å². The number of oxazole rings is 1. The number of fused-ring (bicyclic) bond motifs is 1. The first-order chi connectivity index (χ1) is 10.8. The largest absolute Gasteiger partial charge is 0.435 e. The molecule has 5 heteroatoms. The van der Waals surface area contributed by atoms with Crippen molar-refractivity contribution in [1.82, 2.24) is 15.2 Å². The van der Waals surface area contributed by atoms with E-state index in [1.165, 1.54) is 10.4 Å². The van der Waals surface area contributed by atoms with Gasteiger partial charge in [-0.25, -0.2) is 4.98 Å². The van der Waals surface area contributed by atoms with Crippen molar-refractivity contribution in [2.75, 3.05) is 26.2 Å². The summed E-state index contributed by atoms with van der Waals surface area (Å²) < 4.78 is 5.89. The molecule has 2 aromatic heterocycles. The standard InChI is InChI=1S/C17H19N3OS/c1-12-2-5-16(22-12)17-19-14-10-13(3-4-15(14)21-17)11-20-8-6-18-7-9-20/h2-5,10,18H,6-9,11H2,1H3. The zero-order valence-corrected chi connectivity index (χ0v) is 13.4. The van der Waals surface area contributed by atoms with E-state index in [0.29, 0.717) is 0 Å². The van der Waals surface area contributed by atoms with Crippen LogP contribution in [0, 0.1) is 6.92 Å². The van der Waals surface area contributed by atoms with Gasteiger partial charge in [0.25, 0.3) is 0 Å². The van der Waals surface area contributed by atoms with E-state index < -0.39 is 0 Å². The lowest BCUT2D eigenvalue weighted by Gasteiger charge is -2.27. The Hall–Kier alpha value is -1.69. The molecular formula is C17H19N3OS. The van der Waals surface area contributed by atoms with Crippen LogP contribution in [-0.2, 0) is 6.54 Å². The number of nitrogens with zero attached hydrogens (tertiary/aromatic N) is 2. The SMILES string of the molecule is Cc1ccc(-c2nc3cc(CN4CCNCC4)ccc3o2)s1. The van der Waals surface area contributed by atoms with Crippen LogP contribution >= 0.6 is 11.3 Å². The van der Waals surface area contributed by atoms with Crippen molar-refractivity contribution >= 4 is 22.4 Å². The van der Waals surface area contributed by atoms with E-state index in [4.69, 9.17) is 4.42 Å². The Morgan fingerprint density at radius 1 is 1.23 bits per heavy atom. The van der Waals surface area contributed by atoms with Crippen molar-refractivity contribution in [1.29, 1.82) is 0 Å². The van der Waals surface area contributed by atoms with Gasteiger partial charge in [-0.3, -0.25) is 4.90 Å². The zero-order chi connectivity index (χ0) is 14.9. The maximum absolute atomic E-state index is 5.89. The lowest BCUT2D eigenvalue weighted by atomic mass is 10.2. The van der Waals surface area contributed by atoms with Gasteiger partial charge in [0.05, 0.1) is 4.88 Å². The number of hydrogen-bond acceptors (Lipinski definition) is 5. The third kappa shape index (κ3) is 2.79. The smallest absolute Gasteiger partial charge is 0.237 e. The van der Waals surface area contributed by atoms with Crippen molar-refractivity contribution in [3.63, 3.8) is 0 Å². The second kappa shape index (κ2) is 5.83. The number of rotatable bonds is 3. The van der Waals surface area contributed by atoms with Crippen LogP contribution in [0.5, 0.6) is 0 Å². The topological polar surface area (TPSA) is 41.3 Å². The zero-order valence-electron chi connectivity index (χ0n) is 12.6. The molecular weight excluding hydrogens is 294 g/mol. The molecule has 1 fully saturated rings. The van der Waals surface area contributed by atoms with Gasteiger partial charge in [-0.15, -0.1) is 11.3 Å². The van der Waals surface area contributed by atoms with Gasteiger partial charge in [0.2, 0.25) is 5.89 Å². The van der Waals surface area contributed by atoms with Gasteiger partial charge >= 0.3 is 0 Å². The molecule has 0 radical (unpaired) electrons. The quantitative estimate of drug-likeness (QED) is 0.806. The van der Waals surface area contributed by atoms with E-state index in [1.54, 1.807) is 11.3 Å². The van der Waals surface area contributed by atoms with Gasteiger partial charge < -0.3 is 9.73 Å². The normalized spacial score (nSPS) is 16.4. The van der Waals surface area contributed by atoms with E-state index in [2.05, 4.69) is 46.4 Å². The van der Waals surface area contributed by atoms with Crippen molar-refractivity contribution in [2.45, 2.75) is 13.5 Å². The van der Waals surface area contributed by atoms with Gasteiger partial charge in [-0.1, -0.05) is 6.07 Å². The molecule has 1 saturated heterocycles. The minimum Gasteiger partial charge on any atom is -0.435 e. The molecule has 0 unspecified atom stereocenters. The van der Waals surface area contributed by atoms with Crippen molar-refractivity contribution in [3.8, 4) is 10.8 Å². The van der Waals surface area contributed by atoms with Crippen LogP contribution in [0.15, 0.2) is 34.7 Å². The van der Waals surface area contributed by atoms with Gasteiger partial charge in [0, 0.05) is 37.6 Å². The molecule has 1 N–H and O–H groups in total. The summed E-state index contributed by atoms with van der Waals surface area (Å²) in [5, 5.41) is 3.39. The predicted octanol–water partition coefficient (Wildman–Crippen LogP) is 3.27. The van der Waals surface area contributed by atoms with Gasteiger partial charge in [-0.2, -0.15) is 0 Å². The number of hydrogen-bond donors (Lipinski definition) is 1. The number of thiophene rings is 1. The number of piperazine rings is 1. The second-order valence-electron chi connectivity index (χ2n) is 5.76. The molecule has 1 aliphatic rings. The fraction of sp³-hybridized carbons (Fsp3) is 0.353. The summed E-state index contributed by atoms with van der Waals surface area (Å²) in [6.07, 6.45) is 0. The van der Waals surface area contributed by atoms with Crippen LogP contribution in [0.4, 0.5) is 0 Å². The highest BCUT2D eigenvalue weighted by Crippen LogP contribution is 2.30. The maximum Gasteiger partial charge on any atom is 0.237 e. The molecule has 0 aliphatic carbocycles. The van der Waals surface area contributed by atoms with E-state index in [0.717, 1.165) is 54.6 Å². The fourth-order valence-electron chi connectivity index (χ4n) is 2.85. The Morgan fingerprint density at radius 3 is 2.86 bits per heavy atom. The molecule has 4 rings (SSSR count). The van der Waals surface area contributed by atoms with E-state index in [9.17, 15) is 0 Å². The molecule has 3 heterocycles. The average molecular weight is 313 g/mol. The maximum atomic E-state index is 5.89. The highest BCUT2D eigenvalue weighted by Gasteiger charge is 2.13. The second-order valence-corrected chi connectivity index (χ2v) is 7.05. The highest BCUT2D eigenvalue weighted by atomic mass is 32.1. The Morgan fingerprint density at radius 2 is 2.09 bits per heavy atom. The first-order valence-electron chi connectivity index (χ1n) is 7.67. The Bertz CT molecular complexity index is 786. The molecule has 0 amide bonds. The first kappa shape index (κ1) is 13.9. The van der Waals surface area contributed by atoms with E-state index in [1.807, 2.05) is 6.07 Å². The van der Waals surface area contributed by atoms with Crippen LogP contribution < -0.4 is 5.32 Å². The Balaban J connectivity index is 1.60. The first-order valence-corrected chi connectivity index (χ1v) is 8.49. The van der Waals surface area contributed by atoms with Crippen molar-refractivity contribution in [3.05, 3.63) is 40.8 Å². The lowest BCUT2D eigenvalue weighted by molar-refractivity contribution is 0.233. The lowest BCUT2D eigenvalue weighted by Crippen LogP contribution is -2.42. The molecule has 0 saturated carbocycles. The third-order valence-corrected chi connectivity index (χ3v) is 5.01. The summed E-state index contributed by atoms with van der Waals surface area (Å²) >= 11 is 1.72. The number of nitrogens with one attached hydrogen (secondary N) is 1. The molecule has 1 aliphatic heterocycles. The summed E-state index contributed by atoms with van der Waals surface area (Å²) in [7, 11) is 0. The Kier molecular flexibility index (Phi) is 3.70. The molecule has 22 heavy (non-hydrogen) atoms. The summed E-state index contributed by atoms with van der Waals surface area (Å²) in [6.45, 7) is 7.45. The minimum absolute atomic E-state index is 0.729. The van der Waals surface area contributed by atoms with E-state index in [-0.39, 0.29) is 0 Å². The monoisotopic (exact) mass is 313 g/mol. The molecule has 0 spiro atoms. The molecule has 114 valence electrons. The minimum atomic E-state index is 0.729. The summed E-state index contributed by atoms with van der Waals surface area (Å²) in [4.78, 5) is 9.51. The summed E-state index contributed by atoms with van der Waals surface area (Å²) in [5.41, 5.74) is 3.12.